The summed E-state index contributed by atoms with van der Waals surface area (Å²) in [6, 6.07) is 6.70. The summed E-state index contributed by atoms with van der Waals surface area (Å²) in [6.07, 6.45) is 0. The molecule has 0 aliphatic rings. The van der Waals surface area contributed by atoms with Gasteiger partial charge in [-0.2, -0.15) is 0 Å². The first-order chi connectivity index (χ1) is 10.5. The van der Waals surface area contributed by atoms with Crippen LogP contribution in [-0.4, -0.2) is 30.1 Å². The lowest BCUT2D eigenvalue weighted by Gasteiger charge is -2.09. The maximum Gasteiger partial charge on any atom is 0.257 e. The highest BCUT2D eigenvalue weighted by molar-refractivity contribution is 7.15. The third kappa shape index (κ3) is 3.65. The highest BCUT2D eigenvalue weighted by Crippen LogP contribution is 2.28. The molecule has 7 heteroatoms. The molecular formula is C15H15ClN2O3S. The summed E-state index contributed by atoms with van der Waals surface area (Å²) < 4.78 is 0. The lowest BCUT2D eigenvalue weighted by molar-refractivity contribution is 0.0945. The van der Waals surface area contributed by atoms with Crippen LogP contribution in [0.1, 0.15) is 26.3 Å². The highest BCUT2D eigenvalue weighted by Gasteiger charge is 2.19. The number of aliphatic hydroxyl groups excluding tert-OH is 1. The SMILES string of the molecule is Cc1csc(NC(=O)c2ccccc2Cl)c1C(=O)NCCO. The van der Waals surface area contributed by atoms with E-state index in [1.807, 2.05) is 0 Å². The smallest absolute Gasteiger partial charge is 0.257 e. The fourth-order valence-electron chi connectivity index (χ4n) is 1.89. The van der Waals surface area contributed by atoms with Crippen LogP contribution in [0.15, 0.2) is 29.6 Å². The molecule has 1 aromatic heterocycles. The van der Waals surface area contributed by atoms with Crippen molar-refractivity contribution < 1.29 is 14.7 Å². The number of carbonyl (C=O) groups excluding carboxylic acids is 2. The molecule has 0 atom stereocenters. The average Bonchev–Trinajstić information content (AvgIpc) is 2.86. The minimum atomic E-state index is -0.372. The van der Waals surface area contributed by atoms with E-state index in [1.54, 1.807) is 36.6 Å². The molecule has 3 N–H and O–H groups in total. The Labute approximate surface area is 136 Å². The van der Waals surface area contributed by atoms with Crippen molar-refractivity contribution in [1.82, 2.24) is 5.32 Å². The second-order valence-electron chi connectivity index (χ2n) is 4.54. The first kappa shape index (κ1) is 16.5. The summed E-state index contributed by atoms with van der Waals surface area (Å²) in [7, 11) is 0. The largest absolute Gasteiger partial charge is 0.395 e. The predicted molar refractivity (Wildman–Crippen MR) is 87.9 cm³/mol. The number of hydrogen-bond acceptors (Lipinski definition) is 4. The number of thiophene rings is 1. The van der Waals surface area contributed by atoms with Gasteiger partial charge >= 0.3 is 0 Å². The molecular weight excluding hydrogens is 324 g/mol. The Kier molecular flexibility index (Phi) is 5.54. The molecule has 0 aliphatic heterocycles. The van der Waals surface area contributed by atoms with Crippen LogP contribution in [0.25, 0.3) is 0 Å². The van der Waals surface area contributed by atoms with Gasteiger partial charge in [0.05, 0.1) is 22.8 Å². The molecule has 0 spiro atoms. The number of nitrogens with one attached hydrogen (secondary N) is 2. The molecule has 0 aliphatic carbocycles. The van der Waals surface area contributed by atoms with E-state index in [0.717, 1.165) is 5.56 Å². The average molecular weight is 339 g/mol. The Morgan fingerprint density at radius 2 is 2.00 bits per heavy atom. The lowest BCUT2D eigenvalue weighted by atomic mass is 10.1. The molecule has 0 bridgehead atoms. The van der Waals surface area contributed by atoms with Gasteiger partial charge in [-0.3, -0.25) is 9.59 Å². The number of rotatable bonds is 5. The van der Waals surface area contributed by atoms with E-state index in [9.17, 15) is 9.59 Å². The maximum absolute atomic E-state index is 12.3. The molecule has 2 amide bonds. The van der Waals surface area contributed by atoms with Gasteiger partial charge < -0.3 is 15.7 Å². The molecule has 0 radical (unpaired) electrons. The predicted octanol–water partition coefficient (Wildman–Crippen LogP) is 2.68. The van der Waals surface area contributed by atoms with E-state index < -0.39 is 0 Å². The summed E-state index contributed by atoms with van der Waals surface area (Å²) in [4.78, 5) is 24.4. The summed E-state index contributed by atoms with van der Waals surface area (Å²) in [6.45, 7) is 1.80. The second-order valence-corrected chi connectivity index (χ2v) is 5.82. The maximum atomic E-state index is 12.3. The van der Waals surface area contributed by atoms with Gasteiger partial charge in [-0.15, -0.1) is 11.3 Å². The molecule has 5 nitrogen and oxygen atoms in total. The van der Waals surface area contributed by atoms with Gasteiger partial charge in [-0.25, -0.2) is 0 Å². The number of amides is 2. The fraction of sp³-hybridized carbons (Fsp3) is 0.200. The second kappa shape index (κ2) is 7.40. The van der Waals surface area contributed by atoms with Gasteiger partial charge in [0.2, 0.25) is 0 Å². The monoisotopic (exact) mass is 338 g/mol. The van der Waals surface area contributed by atoms with E-state index in [-0.39, 0.29) is 25.0 Å². The number of hydrogen-bond donors (Lipinski definition) is 3. The van der Waals surface area contributed by atoms with Crippen molar-refractivity contribution in [2.24, 2.45) is 0 Å². The zero-order valence-electron chi connectivity index (χ0n) is 11.9. The molecule has 0 saturated heterocycles. The first-order valence-corrected chi connectivity index (χ1v) is 7.83. The van der Waals surface area contributed by atoms with Gasteiger partial charge in [-0.05, 0) is 30.0 Å². The van der Waals surface area contributed by atoms with Gasteiger partial charge in [0.1, 0.15) is 5.00 Å². The van der Waals surface area contributed by atoms with Crippen molar-refractivity contribution >= 4 is 39.8 Å². The summed E-state index contributed by atoms with van der Waals surface area (Å²) in [5.41, 5.74) is 1.51. The topological polar surface area (TPSA) is 78.4 Å². The number of anilines is 1. The molecule has 0 saturated carbocycles. The molecule has 2 aromatic rings. The van der Waals surface area contributed by atoms with Crippen LogP contribution >= 0.6 is 22.9 Å². The van der Waals surface area contributed by atoms with Gasteiger partial charge in [-0.1, -0.05) is 23.7 Å². The number of benzene rings is 1. The minimum Gasteiger partial charge on any atom is -0.395 e. The van der Waals surface area contributed by atoms with Gasteiger partial charge in [0.15, 0.2) is 0 Å². The van der Waals surface area contributed by atoms with Crippen molar-refractivity contribution in [3.05, 3.63) is 51.4 Å². The van der Waals surface area contributed by atoms with Gasteiger partial charge in [0, 0.05) is 6.54 Å². The summed E-state index contributed by atoms with van der Waals surface area (Å²) >= 11 is 7.27. The Morgan fingerprint density at radius 1 is 1.27 bits per heavy atom. The van der Waals surface area contributed by atoms with Crippen molar-refractivity contribution in [3.63, 3.8) is 0 Å². The van der Waals surface area contributed by atoms with Gasteiger partial charge in [0.25, 0.3) is 11.8 Å². The normalized spacial score (nSPS) is 10.3. The molecule has 22 heavy (non-hydrogen) atoms. The molecule has 1 aromatic carbocycles. The quantitative estimate of drug-likeness (QED) is 0.784. The van der Waals surface area contributed by atoms with Crippen molar-refractivity contribution in [1.29, 1.82) is 0 Å². The van der Waals surface area contributed by atoms with E-state index in [0.29, 0.717) is 21.2 Å². The van der Waals surface area contributed by atoms with Crippen molar-refractivity contribution in [2.45, 2.75) is 6.92 Å². The number of aliphatic hydroxyl groups is 1. The van der Waals surface area contributed by atoms with Crippen LogP contribution in [0.5, 0.6) is 0 Å². The van der Waals surface area contributed by atoms with E-state index >= 15 is 0 Å². The standard InChI is InChI=1S/C15H15ClN2O3S/c1-9-8-22-15(12(9)14(21)17-6-7-19)18-13(20)10-4-2-3-5-11(10)16/h2-5,8,19H,6-7H2,1H3,(H,17,21)(H,18,20). The first-order valence-electron chi connectivity index (χ1n) is 6.57. The van der Waals surface area contributed by atoms with E-state index in [1.165, 1.54) is 11.3 Å². The lowest BCUT2D eigenvalue weighted by Crippen LogP contribution is -2.27. The highest BCUT2D eigenvalue weighted by atomic mass is 35.5. The van der Waals surface area contributed by atoms with Crippen molar-refractivity contribution in [2.75, 3.05) is 18.5 Å². The summed E-state index contributed by atoms with van der Waals surface area (Å²) in [5, 5.41) is 16.7. The number of aryl methyl sites for hydroxylation is 1. The van der Waals surface area contributed by atoms with Crippen LogP contribution < -0.4 is 10.6 Å². The fourth-order valence-corrected chi connectivity index (χ4v) is 3.05. The van der Waals surface area contributed by atoms with Crippen LogP contribution in [0.2, 0.25) is 5.02 Å². The third-order valence-electron chi connectivity index (χ3n) is 2.94. The molecule has 2 rings (SSSR count). The Bertz CT molecular complexity index is 700. The Hall–Kier alpha value is -1.89. The van der Waals surface area contributed by atoms with Crippen LogP contribution in [-0.2, 0) is 0 Å². The zero-order chi connectivity index (χ0) is 16.1. The molecule has 116 valence electrons. The van der Waals surface area contributed by atoms with Crippen LogP contribution in [0.3, 0.4) is 0 Å². The van der Waals surface area contributed by atoms with Crippen molar-refractivity contribution in [3.8, 4) is 0 Å². The molecule has 1 heterocycles. The van der Waals surface area contributed by atoms with Crippen LogP contribution in [0.4, 0.5) is 5.00 Å². The number of halogens is 1. The van der Waals surface area contributed by atoms with E-state index in [4.69, 9.17) is 16.7 Å². The zero-order valence-corrected chi connectivity index (χ0v) is 13.4. The number of carbonyl (C=O) groups is 2. The van der Waals surface area contributed by atoms with Crippen LogP contribution in [0, 0.1) is 6.92 Å². The Balaban J connectivity index is 2.22. The molecule has 0 fully saturated rings. The minimum absolute atomic E-state index is 0.143. The molecule has 0 unspecified atom stereocenters. The third-order valence-corrected chi connectivity index (χ3v) is 4.29. The summed E-state index contributed by atoms with van der Waals surface area (Å²) in [5.74, 6) is -0.703. The Morgan fingerprint density at radius 3 is 2.68 bits per heavy atom. The van der Waals surface area contributed by atoms with E-state index in [2.05, 4.69) is 10.6 Å².